The number of hydrogen-bond acceptors (Lipinski definition) is 1. The Hall–Kier alpha value is -1.50. The molecule has 0 spiro atoms. The number of rotatable bonds is 0. The lowest BCUT2D eigenvalue weighted by molar-refractivity contribution is 0.480. The first-order valence-electron chi connectivity index (χ1n) is 3.46. The van der Waals surface area contributed by atoms with Crippen LogP contribution in [-0.4, -0.2) is 5.11 Å². The first kappa shape index (κ1) is 6.23. The summed E-state index contributed by atoms with van der Waals surface area (Å²) in [6.07, 6.45) is 0. The van der Waals surface area contributed by atoms with Crippen LogP contribution in [0, 0.1) is 6.07 Å². The Kier molecular flexibility index (Phi) is 1.29. The number of phenolic OH excluding ortho intramolecular Hbond substituents is 1. The zero-order valence-corrected chi connectivity index (χ0v) is 5.91. The molecule has 0 aliphatic rings. The quantitative estimate of drug-likeness (QED) is 0.600. The Morgan fingerprint density at radius 3 is 2.73 bits per heavy atom. The fraction of sp³-hybridized carbons (Fsp3) is 0. The number of phenols is 1. The molecule has 0 bridgehead atoms. The molecule has 0 aromatic heterocycles. The fourth-order valence-electron chi connectivity index (χ4n) is 1.15. The molecule has 1 radical (unpaired) electrons. The number of fused-ring (bicyclic) bond motifs is 1. The average molecular weight is 143 g/mol. The minimum atomic E-state index is 0.225. The summed E-state index contributed by atoms with van der Waals surface area (Å²) < 4.78 is 0. The van der Waals surface area contributed by atoms with E-state index in [0.29, 0.717) is 0 Å². The van der Waals surface area contributed by atoms with E-state index < -0.39 is 0 Å². The maximum Gasteiger partial charge on any atom is 0.131 e. The van der Waals surface area contributed by atoms with Crippen LogP contribution in [-0.2, 0) is 0 Å². The van der Waals surface area contributed by atoms with E-state index >= 15 is 0 Å². The highest BCUT2D eigenvalue weighted by molar-refractivity contribution is 5.87. The summed E-state index contributed by atoms with van der Waals surface area (Å²) >= 11 is 0. The maximum absolute atomic E-state index is 9.32. The van der Waals surface area contributed by atoms with E-state index in [1.807, 2.05) is 30.3 Å². The third kappa shape index (κ3) is 0.944. The van der Waals surface area contributed by atoms with E-state index in [0.717, 1.165) is 10.8 Å². The molecule has 0 heterocycles. The largest absolute Gasteiger partial charge is 0.507 e. The molecule has 0 saturated carbocycles. The number of benzene rings is 2. The van der Waals surface area contributed by atoms with Crippen molar-refractivity contribution in [2.75, 3.05) is 0 Å². The van der Waals surface area contributed by atoms with Gasteiger partial charge in [-0.25, -0.2) is 0 Å². The molecule has 1 N–H and O–H groups in total. The van der Waals surface area contributed by atoms with Crippen LogP contribution >= 0.6 is 0 Å². The molecule has 1 nitrogen and oxygen atoms in total. The molecular weight excluding hydrogens is 136 g/mol. The minimum Gasteiger partial charge on any atom is -0.507 e. The van der Waals surface area contributed by atoms with E-state index in [-0.39, 0.29) is 5.75 Å². The molecule has 11 heavy (non-hydrogen) atoms. The smallest absolute Gasteiger partial charge is 0.131 e. The molecule has 0 aliphatic carbocycles. The molecule has 0 amide bonds. The van der Waals surface area contributed by atoms with Gasteiger partial charge in [0.2, 0.25) is 0 Å². The van der Waals surface area contributed by atoms with Gasteiger partial charge in [0.15, 0.2) is 0 Å². The molecule has 0 atom stereocenters. The Morgan fingerprint density at radius 1 is 1.09 bits per heavy atom. The lowest BCUT2D eigenvalue weighted by Crippen LogP contribution is -1.71. The average Bonchev–Trinajstić information content (AvgIpc) is 2.06. The summed E-state index contributed by atoms with van der Waals surface area (Å²) in [5, 5.41) is 11.2. The molecular formula is C10H7O. The molecule has 1 heteroatoms. The highest BCUT2D eigenvalue weighted by atomic mass is 16.3. The van der Waals surface area contributed by atoms with Gasteiger partial charge in [0, 0.05) is 11.5 Å². The summed E-state index contributed by atoms with van der Waals surface area (Å²) in [5.41, 5.74) is 0. The van der Waals surface area contributed by atoms with Crippen molar-refractivity contribution in [2.24, 2.45) is 0 Å². The Labute approximate surface area is 64.9 Å². The van der Waals surface area contributed by atoms with Crippen LogP contribution in [0.5, 0.6) is 5.75 Å². The topological polar surface area (TPSA) is 20.2 Å². The fourth-order valence-corrected chi connectivity index (χ4v) is 1.15. The molecule has 0 aliphatic heterocycles. The van der Waals surface area contributed by atoms with Crippen molar-refractivity contribution >= 4 is 10.8 Å². The van der Waals surface area contributed by atoms with Gasteiger partial charge in [-0.2, -0.15) is 0 Å². The predicted molar refractivity (Wildman–Crippen MR) is 44.4 cm³/mol. The van der Waals surface area contributed by atoms with Crippen molar-refractivity contribution in [1.82, 2.24) is 0 Å². The van der Waals surface area contributed by atoms with Crippen molar-refractivity contribution in [2.45, 2.75) is 0 Å². The monoisotopic (exact) mass is 143 g/mol. The second-order valence-corrected chi connectivity index (χ2v) is 2.41. The Bertz CT molecular complexity index is 374. The van der Waals surface area contributed by atoms with Crippen molar-refractivity contribution in [3.05, 3.63) is 42.5 Å². The maximum atomic E-state index is 9.32. The minimum absolute atomic E-state index is 0.225. The third-order valence-corrected chi connectivity index (χ3v) is 1.70. The van der Waals surface area contributed by atoms with Gasteiger partial charge in [-0.3, -0.25) is 0 Å². The zero-order chi connectivity index (χ0) is 7.68. The molecule has 2 aromatic rings. The van der Waals surface area contributed by atoms with Crippen LogP contribution in [0.2, 0.25) is 0 Å². The van der Waals surface area contributed by atoms with Crippen LogP contribution in [0.15, 0.2) is 36.4 Å². The van der Waals surface area contributed by atoms with Crippen molar-refractivity contribution in [1.29, 1.82) is 0 Å². The van der Waals surface area contributed by atoms with Crippen LogP contribution in [0.1, 0.15) is 0 Å². The summed E-state index contributed by atoms with van der Waals surface area (Å²) in [7, 11) is 0. The molecule has 0 saturated heterocycles. The van der Waals surface area contributed by atoms with Crippen LogP contribution in [0.25, 0.3) is 10.8 Å². The SMILES string of the molecule is Oc1[c]ccc2ccccc12. The summed E-state index contributed by atoms with van der Waals surface area (Å²) in [5.74, 6) is 0.225. The van der Waals surface area contributed by atoms with Gasteiger partial charge >= 0.3 is 0 Å². The van der Waals surface area contributed by atoms with Crippen molar-refractivity contribution in [3.63, 3.8) is 0 Å². The predicted octanol–water partition coefficient (Wildman–Crippen LogP) is 2.35. The second kappa shape index (κ2) is 2.27. The molecule has 2 aromatic carbocycles. The first-order valence-corrected chi connectivity index (χ1v) is 3.46. The molecule has 0 unspecified atom stereocenters. The van der Waals surface area contributed by atoms with Gasteiger partial charge < -0.3 is 5.11 Å². The molecule has 53 valence electrons. The Morgan fingerprint density at radius 2 is 1.91 bits per heavy atom. The van der Waals surface area contributed by atoms with Gasteiger partial charge in [-0.15, -0.1) is 0 Å². The standard InChI is InChI=1S/C10H7O/c11-10-7-3-5-8-4-1-2-6-9(8)10/h1-6,11H. The second-order valence-electron chi connectivity index (χ2n) is 2.41. The van der Waals surface area contributed by atoms with Crippen molar-refractivity contribution < 1.29 is 5.11 Å². The van der Waals surface area contributed by atoms with Crippen LogP contribution in [0.4, 0.5) is 0 Å². The van der Waals surface area contributed by atoms with Gasteiger partial charge in [-0.05, 0) is 11.5 Å². The molecule has 2 rings (SSSR count). The summed E-state index contributed by atoms with van der Waals surface area (Å²) in [6, 6.07) is 14.1. The lowest BCUT2D eigenvalue weighted by atomic mass is 10.1. The van der Waals surface area contributed by atoms with Crippen LogP contribution in [0.3, 0.4) is 0 Å². The summed E-state index contributed by atoms with van der Waals surface area (Å²) in [6.45, 7) is 0. The van der Waals surface area contributed by atoms with Crippen LogP contribution < -0.4 is 0 Å². The van der Waals surface area contributed by atoms with E-state index in [4.69, 9.17) is 0 Å². The first-order chi connectivity index (χ1) is 5.38. The molecule has 0 fully saturated rings. The van der Waals surface area contributed by atoms with Gasteiger partial charge in [0.25, 0.3) is 0 Å². The van der Waals surface area contributed by atoms with Crippen molar-refractivity contribution in [3.8, 4) is 5.75 Å². The number of hydrogen-bond donors (Lipinski definition) is 1. The zero-order valence-electron chi connectivity index (χ0n) is 5.91. The summed E-state index contributed by atoms with van der Waals surface area (Å²) in [4.78, 5) is 0. The van der Waals surface area contributed by atoms with E-state index in [2.05, 4.69) is 6.07 Å². The van der Waals surface area contributed by atoms with E-state index in [1.54, 1.807) is 6.07 Å². The lowest BCUT2D eigenvalue weighted by Gasteiger charge is -1.97. The Balaban J connectivity index is 2.91. The van der Waals surface area contributed by atoms with E-state index in [1.165, 1.54) is 0 Å². The van der Waals surface area contributed by atoms with E-state index in [9.17, 15) is 5.11 Å². The van der Waals surface area contributed by atoms with Gasteiger partial charge in [0.05, 0.1) is 0 Å². The number of aromatic hydroxyl groups is 1. The third-order valence-electron chi connectivity index (χ3n) is 1.70. The van der Waals surface area contributed by atoms with Gasteiger partial charge in [-0.1, -0.05) is 30.3 Å². The van der Waals surface area contributed by atoms with Gasteiger partial charge in [0.1, 0.15) is 5.75 Å². The highest BCUT2D eigenvalue weighted by Gasteiger charge is 1.95. The highest BCUT2D eigenvalue weighted by Crippen LogP contribution is 2.22. The normalized spacial score (nSPS) is 10.2.